The van der Waals surface area contributed by atoms with Gasteiger partial charge in [-0.25, -0.2) is 0 Å². The molecule has 0 aromatic carbocycles. The van der Waals surface area contributed by atoms with Crippen LogP contribution in [0.25, 0.3) is 0 Å². The molecule has 6 aliphatic rings. The Balaban J connectivity index is 1.28. The van der Waals surface area contributed by atoms with E-state index in [1.807, 2.05) is 0 Å². The summed E-state index contributed by atoms with van der Waals surface area (Å²) in [6.45, 7) is 22.7. The monoisotopic (exact) mass is 711 g/mol. The van der Waals surface area contributed by atoms with Crippen molar-refractivity contribution in [2.45, 2.75) is 152 Å². The molecule has 6 aliphatic carbocycles. The number of esters is 1. The number of fused-ring (bicyclic) bond motifs is 7. The van der Waals surface area contributed by atoms with Gasteiger partial charge in [-0.15, -0.1) is 0 Å². The Morgan fingerprint density at radius 1 is 0.941 bits per heavy atom. The molecule has 8 heteroatoms. The lowest BCUT2D eigenvalue weighted by atomic mass is 9.33. The van der Waals surface area contributed by atoms with Crippen molar-refractivity contribution in [1.82, 2.24) is 4.90 Å². The molecule has 0 saturated heterocycles. The van der Waals surface area contributed by atoms with Crippen molar-refractivity contribution in [2.75, 3.05) is 26.2 Å². The summed E-state index contributed by atoms with van der Waals surface area (Å²) in [5.74, 6) is 0.874. The van der Waals surface area contributed by atoms with Crippen molar-refractivity contribution >= 4 is 17.7 Å². The van der Waals surface area contributed by atoms with Gasteiger partial charge in [0.15, 0.2) is 5.78 Å². The molecule has 0 aliphatic heterocycles. The molecular formula is C43H70N2O6. The number of hydrogen-bond donors (Lipinski definition) is 3. The molecule has 5 fully saturated rings. The minimum atomic E-state index is -1.16. The van der Waals surface area contributed by atoms with Crippen molar-refractivity contribution in [3.8, 4) is 0 Å². The summed E-state index contributed by atoms with van der Waals surface area (Å²) < 4.78 is 6.17. The number of Topliss-reactive ketones (excluding diaryl/α,β-unsaturated/α-hetero) is 1. The Labute approximate surface area is 308 Å². The molecule has 0 spiro atoms. The first-order valence-electron chi connectivity index (χ1n) is 20.5. The number of hydrogen-bond acceptors (Lipinski definition) is 7. The van der Waals surface area contributed by atoms with Crippen LogP contribution in [0.1, 0.15) is 139 Å². The van der Waals surface area contributed by atoms with Gasteiger partial charge in [-0.05, 0) is 129 Å². The molecule has 8 nitrogen and oxygen atoms in total. The maximum atomic E-state index is 14.1. The fraction of sp³-hybridized carbons (Fsp3) is 0.884. The number of carbonyl (C=O) groups is 3. The minimum absolute atomic E-state index is 0.00798. The van der Waals surface area contributed by atoms with Crippen LogP contribution in [0.2, 0.25) is 0 Å². The summed E-state index contributed by atoms with van der Waals surface area (Å²) in [5.41, 5.74) is 6.69. The molecule has 0 unspecified atom stereocenters. The second-order valence-electron chi connectivity index (χ2n) is 20.6. The third-order valence-corrected chi connectivity index (χ3v) is 16.6. The number of carboxylic acids is 1. The van der Waals surface area contributed by atoms with Gasteiger partial charge in [0.25, 0.3) is 0 Å². The zero-order valence-electron chi connectivity index (χ0n) is 33.4. The topological polar surface area (TPSA) is 130 Å². The number of aliphatic hydroxyl groups is 1. The highest BCUT2D eigenvalue weighted by Crippen LogP contribution is 2.77. The van der Waals surface area contributed by atoms with Gasteiger partial charge in [0, 0.05) is 43.4 Å². The molecule has 0 aromatic rings. The van der Waals surface area contributed by atoms with Crippen molar-refractivity contribution in [3.05, 3.63) is 11.1 Å². The van der Waals surface area contributed by atoms with Gasteiger partial charge in [-0.2, -0.15) is 0 Å². The van der Waals surface area contributed by atoms with Gasteiger partial charge in [-0.1, -0.05) is 54.0 Å². The third-order valence-electron chi connectivity index (χ3n) is 16.6. The highest BCUT2D eigenvalue weighted by atomic mass is 16.5. The number of carboxylic acid groups (broad SMARTS) is 1. The second kappa shape index (κ2) is 13.2. The Bertz CT molecular complexity index is 1430. The number of ether oxygens (including phenoxy) is 1. The zero-order valence-corrected chi connectivity index (χ0v) is 33.4. The van der Waals surface area contributed by atoms with Crippen LogP contribution >= 0.6 is 0 Å². The van der Waals surface area contributed by atoms with E-state index >= 15 is 0 Å². The molecular weight excluding hydrogens is 640 g/mol. The number of ketones is 1. The Hall–Kier alpha value is -1.77. The van der Waals surface area contributed by atoms with E-state index in [1.54, 1.807) is 13.8 Å². The van der Waals surface area contributed by atoms with E-state index in [4.69, 9.17) is 10.5 Å². The molecule has 0 amide bonds. The first kappa shape index (κ1) is 38.9. The predicted octanol–water partition coefficient (Wildman–Crippen LogP) is 7.41. The van der Waals surface area contributed by atoms with Crippen molar-refractivity contribution in [1.29, 1.82) is 0 Å². The van der Waals surface area contributed by atoms with E-state index in [9.17, 15) is 24.6 Å². The number of aliphatic carboxylic acids is 1. The van der Waals surface area contributed by atoms with Gasteiger partial charge in [0.1, 0.15) is 6.10 Å². The van der Waals surface area contributed by atoms with E-state index < -0.39 is 28.9 Å². The van der Waals surface area contributed by atoms with E-state index in [0.29, 0.717) is 37.3 Å². The average molecular weight is 711 g/mol. The Kier molecular flexibility index (Phi) is 10.1. The quantitative estimate of drug-likeness (QED) is 0.179. The fourth-order valence-electron chi connectivity index (χ4n) is 13.4. The summed E-state index contributed by atoms with van der Waals surface area (Å²) >= 11 is 0. The highest BCUT2D eigenvalue weighted by Gasteiger charge is 2.71. The van der Waals surface area contributed by atoms with Crippen molar-refractivity contribution in [2.24, 2.45) is 67.8 Å². The number of aliphatic hydroxyl groups excluding tert-OH is 1. The lowest BCUT2D eigenvalue weighted by Gasteiger charge is -2.72. The first-order valence-corrected chi connectivity index (χ1v) is 20.5. The summed E-state index contributed by atoms with van der Waals surface area (Å²) in [4.78, 5) is 41.3. The van der Waals surface area contributed by atoms with Crippen LogP contribution in [0.15, 0.2) is 11.1 Å². The van der Waals surface area contributed by atoms with Gasteiger partial charge >= 0.3 is 11.9 Å². The molecule has 51 heavy (non-hydrogen) atoms. The van der Waals surface area contributed by atoms with Crippen LogP contribution in [-0.4, -0.2) is 71.2 Å². The molecule has 6 rings (SSSR count). The second-order valence-corrected chi connectivity index (χ2v) is 20.6. The van der Waals surface area contributed by atoms with Crippen LogP contribution in [0.3, 0.4) is 0 Å². The molecule has 0 radical (unpaired) electrons. The molecule has 5 saturated carbocycles. The SMILES string of the molecule is CC(C)C1=C2[C@H]3CC[C@@H]4[C@@]5(C)CC[C@@H](OC(=O)CC(C)(C)C(=O)O)C(C)(C)[C@@H]5CC[C@@]4(C)[C@]3(C)CC[C@@]2([C@@H](O)CN(CCN)CC2CC2)CC1=O. The van der Waals surface area contributed by atoms with Crippen LogP contribution in [-0.2, 0) is 19.1 Å². The number of carbonyl (C=O) groups excluding carboxylic acids is 2. The number of nitrogens with two attached hydrogens (primary N) is 1. The van der Waals surface area contributed by atoms with E-state index in [1.165, 1.54) is 18.4 Å². The maximum Gasteiger partial charge on any atom is 0.309 e. The third kappa shape index (κ3) is 6.17. The Morgan fingerprint density at radius 2 is 1.63 bits per heavy atom. The van der Waals surface area contributed by atoms with E-state index in [2.05, 4.69) is 53.4 Å². The van der Waals surface area contributed by atoms with Crippen LogP contribution in [0.4, 0.5) is 0 Å². The zero-order chi connectivity index (χ0) is 37.5. The number of allylic oxidation sites excluding steroid dienone is 1. The molecule has 9 atom stereocenters. The Morgan fingerprint density at radius 3 is 2.24 bits per heavy atom. The lowest BCUT2D eigenvalue weighted by molar-refractivity contribution is -0.235. The van der Waals surface area contributed by atoms with Crippen LogP contribution in [0.5, 0.6) is 0 Å². The number of nitrogens with zero attached hydrogens (tertiary/aromatic N) is 1. The summed E-state index contributed by atoms with van der Waals surface area (Å²) in [5, 5.41) is 22.0. The predicted molar refractivity (Wildman–Crippen MR) is 200 cm³/mol. The molecule has 288 valence electrons. The van der Waals surface area contributed by atoms with Gasteiger partial charge < -0.3 is 20.7 Å². The van der Waals surface area contributed by atoms with Gasteiger partial charge in [0.2, 0.25) is 0 Å². The highest BCUT2D eigenvalue weighted by molar-refractivity contribution is 6.00. The first-order chi connectivity index (χ1) is 23.7. The average Bonchev–Trinajstić information content (AvgIpc) is 3.78. The van der Waals surface area contributed by atoms with Crippen molar-refractivity contribution in [3.63, 3.8) is 0 Å². The normalized spacial score (nSPS) is 39.7. The molecule has 0 heterocycles. The summed E-state index contributed by atoms with van der Waals surface area (Å²) in [6.07, 6.45) is 9.99. The largest absolute Gasteiger partial charge is 0.481 e. The molecule has 0 bridgehead atoms. The van der Waals surface area contributed by atoms with E-state index in [0.717, 1.165) is 70.0 Å². The standard InChI is InChI=1S/C43H70N2O6/c1-26(2)35-29(46)22-43(32(47)25-45(21-20-44)24-27-10-11-27)19-18-41(8)28(36(35)43)12-13-31-40(7)16-15-33(51-34(48)23-38(3,4)37(49)50)39(5,6)30(40)14-17-42(31,41)9/h26-28,30-33,47H,10-25,44H2,1-9H3,(H,49,50)/t28-,30+,31-,32+,33-,40+,41-,42-,43+/m1/s1. The molecule has 4 N–H and O–H groups in total. The molecule has 0 aromatic heterocycles. The van der Waals surface area contributed by atoms with Crippen LogP contribution < -0.4 is 5.73 Å². The summed E-state index contributed by atoms with van der Waals surface area (Å²) in [7, 11) is 0. The smallest absolute Gasteiger partial charge is 0.309 e. The van der Waals surface area contributed by atoms with Gasteiger partial charge in [-0.3, -0.25) is 19.3 Å². The maximum absolute atomic E-state index is 14.1. The lowest BCUT2D eigenvalue weighted by Crippen LogP contribution is -2.66. The van der Waals surface area contributed by atoms with Crippen molar-refractivity contribution < 1.29 is 29.3 Å². The number of rotatable bonds is 12. The van der Waals surface area contributed by atoms with Gasteiger partial charge in [0.05, 0.1) is 17.9 Å². The van der Waals surface area contributed by atoms with E-state index in [-0.39, 0.29) is 51.8 Å². The summed E-state index contributed by atoms with van der Waals surface area (Å²) in [6, 6.07) is 0. The fourth-order valence-corrected chi connectivity index (χ4v) is 13.4. The van der Waals surface area contributed by atoms with Crippen LogP contribution in [0, 0.1) is 62.1 Å². The minimum Gasteiger partial charge on any atom is -0.481 e.